The number of carbonyl (C=O) groups is 2. The summed E-state index contributed by atoms with van der Waals surface area (Å²) in [6.45, 7) is 0.360. The van der Waals surface area contributed by atoms with Crippen LogP contribution in [-0.2, 0) is 34.2 Å². The van der Waals surface area contributed by atoms with E-state index in [1.807, 2.05) is 0 Å². The Bertz CT molecular complexity index is 846. The molecule has 136 valence electrons. The summed E-state index contributed by atoms with van der Waals surface area (Å²) >= 11 is 1.75. The maximum atomic E-state index is 12.9. The second-order valence-electron chi connectivity index (χ2n) is 6.59. The number of amides is 2. The highest BCUT2D eigenvalue weighted by atomic mass is 32.2. The minimum atomic E-state index is -0.306. The smallest absolute Gasteiger partial charge is 0.242 e. The lowest BCUT2D eigenvalue weighted by Crippen LogP contribution is -2.29. The van der Waals surface area contributed by atoms with Crippen LogP contribution in [0.1, 0.15) is 29.7 Å². The number of rotatable bonds is 6. The number of hydrogen-bond acceptors (Lipinski definition) is 4. The van der Waals surface area contributed by atoms with Crippen molar-refractivity contribution in [3.63, 3.8) is 0 Å². The molecule has 2 N–H and O–H groups in total. The molecule has 8 heteroatoms. The van der Waals surface area contributed by atoms with Gasteiger partial charge in [-0.25, -0.2) is 9.07 Å². The van der Waals surface area contributed by atoms with E-state index in [1.54, 1.807) is 28.6 Å². The van der Waals surface area contributed by atoms with E-state index < -0.39 is 0 Å². The SMILES string of the molecule is O=C(Cn1nc2c(c1NC(=O)C1CC1)CSC2)NCc1ccc(F)cc1. The first-order valence-electron chi connectivity index (χ1n) is 8.58. The first kappa shape index (κ1) is 17.1. The fraction of sp³-hybridized carbons (Fsp3) is 0.389. The van der Waals surface area contributed by atoms with E-state index in [-0.39, 0.29) is 30.1 Å². The number of hydrogen-bond donors (Lipinski definition) is 2. The number of halogens is 1. The molecule has 1 saturated carbocycles. The Hall–Kier alpha value is -2.35. The number of carbonyl (C=O) groups excluding carboxylic acids is 2. The van der Waals surface area contributed by atoms with Crippen molar-refractivity contribution >= 4 is 29.4 Å². The van der Waals surface area contributed by atoms with E-state index in [9.17, 15) is 14.0 Å². The zero-order valence-corrected chi connectivity index (χ0v) is 14.9. The van der Waals surface area contributed by atoms with E-state index in [4.69, 9.17) is 0 Å². The number of thioether (sulfide) groups is 1. The number of nitrogens with one attached hydrogen (secondary N) is 2. The molecule has 0 unspecified atom stereocenters. The van der Waals surface area contributed by atoms with Crippen molar-refractivity contribution in [3.05, 3.63) is 46.9 Å². The van der Waals surface area contributed by atoms with Gasteiger partial charge in [0, 0.05) is 29.5 Å². The molecule has 1 aromatic heterocycles. The van der Waals surface area contributed by atoms with Crippen LogP contribution in [0.2, 0.25) is 0 Å². The summed E-state index contributed by atoms with van der Waals surface area (Å²) < 4.78 is 14.5. The van der Waals surface area contributed by atoms with Crippen LogP contribution in [0.25, 0.3) is 0 Å². The van der Waals surface area contributed by atoms with Crippen LogP contribution in [0.5, 0.6) is 0 Å². The monoisotopic (exact) mass is 374 g/mol. The molecule has 0 bridgehead atoms. The third-order valence-electron chi connectivity index (χ3n) is 4.50. The van der Waals surface area contributed by atoms with Gasteiger partial charge in [0.15, 0.2) is 0 Å². The molecule has 0 radical (unpaired) electrons. The van der Waals surface area contributed by atoms with E-state index in [0.717, 1.165) is 41.2 Å². The molecule has 2 amide bonds. The molecule has 4 rings (SSSR count). The zero-order valence-electron chi connectivity index (χ0n) is 14.1. The van der Waals surface area contributed by atoms with Crippen LogP contribution in [-0.4, -0.2) is 21.6 Å². The third kappa shape index (κ3) is 3.75. The van der Waals surface area contributed by atoms with E-state index >= 15 is 0 Å². The fourth-order valence-electron chi connectivity index (χ4n) is 2.88. The predicted octanol–water partition coefficient (Wildman–Crippen LogP) is 2.43. The summed E-state index contributed by atoms with van der Waals surface area (Å²) in [6, 6.07) is 6.00. The molecule has 1 aliphatic heterocycles. The summed E-state index contributed by atoms with van der Waals surface area (Å²) in [6.07, 6.45) is 1.85. The minimum Gasteiger partial charge on any atom is -0.350 e. The first-order chi connectivity index (χ1) is 12.6. The van der Waals surface area contributed by atoms with Gasteiger partial charge in [0.1, 0.15) is 18.2 Å². The van der Waals surface area contributed by atoms with Gasteiger partial charge in [-0.05, 0) is 30.5 Å². The molecule has 0 saturated heterocycles. The lowest BCUT2D eigenvalue weighted by Gasteiger charge is -2.11. The molecule has 2 aliphatic rings. The average Bonchev–Trinajstić information content (AvgIpc) is 3.31. The molecular weight excluding hydrogens is 355 g/mol. The van der Waals surface area contributed by atoms with Crippen molar-refractivity contribution in [3.8, 4) is 0 Å². The Morgan fingerprint density at radius 1 is 1.23 bits per heavy atom. The summed E-state index contributed by atoms with van der Waals surface area (Å²) in [5, 5.41) is 10.3. The topological polar surface area (TPSA) is 76.0 Å². The van der Waals surface area contributed by atoms with Crippen molar-refractivity contribution in [1.82, 2.24) is 15.1 Å². The van der Waals surface area contributed by atoms with E-state index in [1.165, 1.54) is 12.1 Å². The molecule has 26 heavy (non-hydrogen) atoms. The zero-order chi connectivity index (χ0) is 18.1. The maximum Gasteiger partial charge on any atom is 0.242 e. The quantitative estimate of drug-likeness (QED) is 0.814. The summed E-state index contributed by atoms with van der Waals surface area (Å²) in [5.41, 5.74) is 2.78. The highest BCUT2D eigenvalue weighted by Gasteiger charge is 2.32. The standard InChI is InChI=1S/C18H19FN4O2S/c19-13-5-1-11(2-6-13)7-20-16(24)8-23-17(21-18(25)12-3-4-12)14-9-26-10-15(14)22-23/h1-2,5-6,12H,3-4,7-10H2,(H,20,24)(H,21,25). The Balaban J connectivity index is 1.42. The minimum absolute atomic E-state index is 0.0116. The summed E-state index contributed by atoms with van der Waals surface area (Å²) in [7, 11) is 0. The van der Waals surface area contributed by atoms with Crippen LogP contribution in [0, 0.1) is 11.7 Å². The molecule has 1 aromatic carbocycles. The largest absolute Gasteiger partial charge is 0.350 e. The Morgan fingerprint density at radius 2 is 2.00 bits per heavy atom. The molecule has 1 aliphatic carbocycles. The van der Waals surface area contributed by atoms with Crippen LogP contribution >= 0.6 is 11.8 Å². The number of anilines is 1. The molecule has 1 fully saturated rings. The summed E-state index contributed by atoms with van der Waals surface area (Å²) in [5.74, 6) is 1.84. The summed E-state index contributed by atoms with van der Waals surface area (Å²) in [4.78, 5) is 24.5. The molecule has 0 atom stereocenters. The molecule has 2 aromatic rings. The van der Waals surface area contributed by atoms with Gasteiger partial charge in [0.2, 0.25) is 11.8 Å². The maximum absolute atomic E-state index is 12.9. The van der Waals surface area contributed by atoms with Crippen molar-refractivity contribution in [1.29, 1.82) is 0 Å². The van der Waals surface area contributed by atoms with Gasteiger partial charge >= 0.3 is 0 Å². The molecular formula is C18H19FN4O2S. The lowest BCUT2D eigenvalue weighted by molar-refractivity contribution is -0.122. The van der Waals surface area contributed by atoms with Crippen molar-refractivity contribution in [2.24, 2.45) is 5.92 Å². The normalized spacial score (nSPS) is 15.6. The highest BCUT2D eigenvalue weighted by molar-refractivity contribution is 7.98. The van der Waals surface area contributed by atoms with Crippen molar-refractivity contribution in [2.75, 3.05) is 5.32 Å². The van der Waals surface area contributed by atoms with Crippen LogP contribution in [0.15, 0.2) is 24.3 Å². The van der Waals surface area contributed by atoms with Gasteiger partial charge < -0.3 is 10.6 Å². The predicted molar refractivity (Wildman–Crippen MR) is 96.8 cm³/mol. The van der Waals surface area contributed by atoms with E-state index in [0.29, 0.717) is 12.4 Å². The number of nitrogens with zero attached hydrogens (tertiary/aromatic N) is 2. The Kier molecular flexibility index (Phi) is 4.67. The van der Waals surface area contributed by atoms with Crippen LogP contribution in [0.4, 0.5) is 10.2 Å². The second-order valence-corrected chi connectivity index (χ2v) is 7.58. The number of benzene rings is 1. The third-order valence-corrected chi connectivity index (χ3v) is 5.48. The van der Waals surface area contributed by atoms with Gasteiger partial charge in [-0.1, -0.05) is 12.1 Å². The lowest BCUT2D eigenvalue weighted by atomic mass is 10.2. The van der Waals surface area contributed by atoms with Gasteiger partial charge in [0.05, 0.1) is 5.69 Å². The second kappa shape index (κ2) is 7.11. The van der Waals surface area contributed by atoms with E-state index in [2.05, 4.69) is 15.7 Å². The Morgan fingerprint density at radius 3 is 2.73 bits per heavy atom. The molecule has 0 spiro atoms. The van der Waals surface area contributed by atoms with Gasteiger partial charge in [-0.15, -0.1) is 0 Å². The average molecular weight is 374 g/mol. The molecule has 2 heterocycles. The van der Waals surface area contributed by atoms with Gasteiger partial charge in [-0.3, -0.25) is 9.59 Å². The van der Waals surface area contributed by atoms with Crippen LogP contribution in [0.3, 0.4) is 0 Å². The van der Waals surface area contributed by atoms with Crippen molar-refractivity contribution in [2.45, 2.75) is 37.4 Å². The highest BCUT2D eigenvalue weighted by Crippen LogP contribution is 2.36. The van der Waals surface area contributed by atoms with Crippen LogP contribution < -0.4 is 10.6 Å². The first-order valence-corrected chi connectivity index (χ1v) is 9.74. The fourth-order valence-corrected chi connectivity index (χ4v) is 3.91. The number of fused-ring (bicyclic) bond motifs is 1. The van der Waals surface area contributed by atoms with Crippen molar-refractivity contribution < 1.29 is 14.0 Å². The van der Waals surface area contributed by atoms with Gasteiger partial charge in [0.25, 0.3) is 0 Å². The van der Waals surface area contributed by atoms with Gasteiger partial charge in [-0.2, -0.15) is 16.9 Å². The molecule has 6 nitrogen and oxygen atoms in total. The number of aromatic nitrogens is 2. The Labute approximate surface area is 154 Å².